The molecule has 0 bridgehead atoms. The zero-order valence-corrected chi connectivity index (χ0v) is 22.7. The van der Waals surface area contributed by atoms with E-state index in [2.05, 4.69) is 19.5 Å². The van der Waals surface area contributed by atoms with Gasteiger partial charge in [0.2, 0.25) is 5.88 Å². The summed E-state index contributed by atoms with van der Waals surface area (Å²) in [7, 11) is -4.45. The Morgan fingerprint density at radius 1 is 1.21 bits per heavy atom. The molecule has 15 heteroatoms. The van der Waals surface area contributed by atoms with Crippen LogP contribution in [0.4, 0.5) is 13.2 Å². The van der Waals surface area contributed by atoms with Gasteiger partial charge >= 0.3 is 15.6 Å². The summed E-state index contributed by atoms with van der Waals surface area (Å²) in [5, 5.41) is 9.77. The number of rotatable bonds is 8. The second kappa shape index (κ2) is 10.4. The van der Waals surface area contributed by atoms with E-state index in [9.17, 15) is 21.6 Å². The number of halogens is 3. The molecule has 39 heavy (non-hydrogen) atoms. The summed E-state index contributed by atoms with van der Waals surface area (Å²) in [5.74, 6) is -0.318. The molecule has 0 amide bonds. The van der Waals surface area contributed by atoms with Crippen molar-refractivity contribution in [1.29, 1.82) is 0 Å². The number of aromatic nitrogens is 4. The van der Waals surface area contributed by atoms with E-state index >= 15 is 0 Å². The van der Waals surface area contributed by atoms with E-state index in [0.29, 0.717) is 40.6 Å². The van der Waals surface area contributed by atoms with Crippen LogP contribution in [-0.4, -0.2) is 60.5 Å². The zero-order chi connectivity index (χ0) is 27.9. The van der Waals surface area contributed by atoms with Crippen LogP contribution in [0.25, 0.3) is 32.7 Å². The fourth-order valence-electron chi connectivity index (χ4n) is 4.29. The van der Waals surface area contributed by atoms with Crippen LogP contribution in [0.2, 0.25) is 0 Å². The number of nitrogens with one attached hydrogen (secondary N) is 1. The molecule has 2 atom stereocenters. The lowest BCUT2D eigenvalue weighted by Gasteiger charge is -2.27. The van der Waals surface area contributed by atoms with Gasteiger partial charge in [-0.15, -0.1) is 11.3 Å². The minimum atomic E-state index is -5.99. The first kappa shape index (κ1) is 27.3. The average molecular weight is 584 g/mol. The summed E-state index contributed by atoms with van der Waals surface area (Å²) in [6, 6.07) is 6.54. The van der Waals surface area contributed by atoms with Crippen molar-refractivity contribution < 1.29 is 35.2 Å². The fourth-order valence-corrected chi connectivity index (χ4v) is 5.65. The van der Waals surface area contributed by atoms with Gasteiger partial charge in [0.25, 0.3) is 0 Å². The Bertz CT molecular complexity index is 1590. The van der Waals surface area contributed by atoms with Gasteiger partial charge < -0.3 is 19.0 Å². The molecule has 1 N–H and O–H groups in total. The predicted molar refractivity (Wildman–Crippen MR) is 138 cm³/mol. The Morgan fingerprint density at radius 3 is 2.72 bits per heavy atom. The Balaban J connectivity index is 1.78. The quantitative estimate of drug-likeness (QED) is 0.179. The summed E-state index contributed by atoms with van der Waals surface area (Å²) in [5.41, 5.74) is -3.59. The normalized spacial score (nSPS) is 17.8. The summed E-state index contributed by atoms with van der Waals surface area (Å²) in [6.45, 7) is 5.13. The van der Waals surface area contributed by atoms with Gasteiger partial charge in [0.15, 0.2) is 0 Å². The number of methoxy groups -OCH3 is 1. The Hall–Kier alpha value is -3.27. The molecule has 0 radical (unpaired) electrons. The number of ether oxygens (including phenoxy) is 2. The van der Waals surface area contributed by atoms with E-state index in [4.69, 9.17) is 14.6 Å². The lowest BCUT2D eigenvalue weighted by atomic mass is 10.0. The van der Waals surface area contributed by atoms with Gasteiger partial charge in [0.05, 0.1) is 34.0 Å². The highest BCUT2D eigenvalue weighted by Crippen LogP contribution is 2.46. The molecule has 5 rings (SSSR count). The Labute approximate surface area is 225 Å². The second-order valence-corrected chi connectivity index (χ2v) is 11.3. The van der Waals surface area contributed by atoms with E-state index in [1.165, 1.54) is 24.5 Å². The number of pyridine rings is 2. The number of hydrogen-bond acceptors (Lipinski definition) is 10. The van der Waals surface area contributed by atoms with Crippen LogP contribution in [0.15, 0.2) is 35.8 Å². The number of nitrogens with zero attached hydrogens (tertiary/aromatic N) is 4. The third kappa shape index (κ3) is 5.06. The van der Waals surface area contributed by atoms with Gasteiger partial charge in [-0.1, -0.05) is 0 Å². The number of alkyl halides is 3. The SMILES string of the molecule is COCCOc1cccnc1-c1c(-c2cc3n(n2)[C@@H](C)CN[C@@H]3C)nc(OS(=O)(=O)C(F)(F)F)c2ccsc12. The number of hydrogen-bond donors (Lipinski definition) is 1. The molecule has 0 aromatic carbocycles. The molecule has 1 aliphatic rings. The second-order valence-electron chi connectivity index (χ2n) is 8.86. The molecule has 0 saturated carbocycles. The first-order valence-corrected chi connectivity index (χ1v) is 14.1. The van der Waals surface area contributed by atoms with Crippen molar-refractivity contribution in [3.05, 3.63) is 41.5 Å². The Kier molecular flexibility index (Phi) is 7.26. The molecular weight excluding hydrogens is 559 g/mol. The topological polar surface area (TPSA) is 117 Å². The fraction of sp³-hybridized carbons (Fsp3) is 0.375. The van der Waals surface area contributed by atoms with Gasteiger partial charge in [-0.2, -0.15) is 26.7 Å². The molecule has 0 spiro atoms. The third-order valence-electron chi connectivity index (χ3n) is 6.19. The van der Waals surface area contributed by atoms with Crippen molar-refractivity contribution in [2.75, 3.05) is 26.9 Å². The van der Waals surface area contributed by atoms with Crippen molar-refractivity contribution in [3.8, 4) is 34.3 Å². The molecule has 5 heterocycles. The molecule has 0 aliphatic carbocycles. The highest BCUT2D eigenvalue weighted by molar-refractivity contribution is 7.88. The van der Waals surface area contributed by atoms with E-state index < -0.39 is 21.5 Å². The van der Waals surface area contributed by atoms with Crippen LogP contribution in [0.1, 0.15) is 31.6 Å². The van der Waals surface area contributed by atoms with Crippen molar-refractivity contribution in [3.63, 3.8) is 0 Å². The summed E-state index contributed by atoms with van der Waals surface area (Å²) >= 11 is 1.18. The van der Waals surface area contributed by atoms with Gasteiger partial charge in [0.1, 0.15) is 29.4 Å². The summed E-state index contributed by atoms with van der Waals surface area (Å²) in [6.07, 6.45) is 1.55. The molecule has 4 aromatic rings. The Morgan fingerprint density at radius 2 is 2.00 bits per heavy atom. The van der Waals surface area contributed by atoms with Gasteiger partial charge in [-0.3, -0.25) is 9.67 Å². The molecule has 0 fully saturated rings. The van der Waals surface area contributed by atoms with Crippen LogP contribution >= 0.6 is 11.3 Å². The van der Waals surface area contributed by atoms with Gasteiger partial charge in [-0.05, 0) is 43.5 Å². The maximum Gasteiger partial charge on any atom is 0.534 e. The highest BCUT2D eigenvalue weighted by atomic mass is 32.2. The minimum absolute atomic E-state index is 0.0111. The van der Waals surface area contributed by atoms with Crippen LogP contribution in [0, 0.1) is 0 Å². The number of thiophene rings is 1. The minimum Gasteiger partial charge on any atom is -0.489 e. The molecule has 208 valence electrons. The lowest BCUT2D eigenvalue weighted by Crippen LogP contribution is -2.34. The molecule has 10 nitrogen and oxygen atoms in total. The summed E-state index contributed by atoms with van der Waals surface area (Å²) < 4.78 is 81.5. The maximum atomic E-state index is 13.3. The third-order valence-corrected chi connectivity index (χ3v) is 8.06. The largest absolute Gasteiger partial charge is 0.534 e. The lowest BCUT2D eigenvalue weighted by molar-refractivity contribution is -0.0500. The van der Waals surface area contributed by atoms with Crippen LogP contribution in [0.5, 0.6) is 11.6 Å². The van der Waals surface area contributed by atoms with Crippen LogP contribution in [-0.2, 0) is 14.9 Å². The first-order chi connectivity index (χ1) is 18.5. The van der Waals surface area contributed by atoms with Crippen molar-refractivity contribution in [2.24, 2.45) is 0 Å². The van der Waals surface area contributed by atoms with Gasteiger partial charge in [0, 0.05) is 25.9 Å². The molecule has 0 saturated heterocycles. The van der Waals surface area contributed by atoms with Crippen molar-refractivity contribution in [2.45, 2.75) is 31.4 Å². The van der Waals surface area contributed by atoms with E-state index in [1.54, 1.807) is 29.8 Å². The van der Waals surface area contributed by atoms with Crippen molar-refractivity contribution in [1.82, 2.24) is 25.1 Å². The smallest absolute Gasteiger partial charge is 0.489 e. The van der Waals surface area contributed by atoms with Gasteiger partial charge in [-0.25, -0.2) is 4.98 Å². The van der Waals surface area contributed by atoms with E-state index in [0.717, 1.165) is 5.69 Å². The zero-order valence-electron chi connectivity index (χ0n) is 21.0. The summed E-state index contributed by atoms with van der Waals surface area (Å²) in [4.78, 5) is 8.85. The molecule has 1 aliphatic heterocycles. The number of fused-ring (bicyclic) bond motifs is 2. The van der Waals surface area contributed by atoms with E-state index in [-0.39, 0.29) is 29.8 Å². The molecule has 4 aromatic heterocycles. The van der Waals surface area contributed by atoms with Crippen LogP contribution in [0.3, 0.4) is 0 Å². The molecule has 0 unspecified atom stereocenters. The van der Waals surface area contributed by atoms with E-state index in [1.807, 2.05) is 18.5 Å². The maximum absolute atomic E-state index is 13.3. The highest BCUT2D eigenvalue weighted by Gasteiger charge is 2.49. The predicted octanol–water partition coefficient (Wildman–Crippen LogP) is 4.70. The van der Waals surface area contributed by atoms with Crippen molar-refractivity contribution >= 4 is 31.5 Å². The van der Waals surface area contributed by atoms with Crippen LogP contribution < -0.4 is 14.2 Å². The molecular formula is C24H24F3N5O5S2. The first-order valence-electron chi connectivity index (χ1n) is 11.8. The monoisotopic (exact) mass is 583 g/mol. The average Bonchev–Trinajstić information content (AvgIpc) is 3.55. The standard InChI is InChI=1S/C24H24F3N5O5S2/c1-13-12-29-14(2)17-11-16(31-32(13)17)20-19(21-18(5-4-7-28-21)36-9-8-35-3)22-15(6-10-38-22)23(30-20)37-39(33,34)24(25,26)27/h4-7,10-11,13-14,29H,8-9,12H2,1-3H3/t13-,14+/m0/s1.